The smallest absolute Gasteiger partial charge is 0.131 e. The second-order valence-corrected chi connectivity index (χ2v) is 3.15. The molecule has 1 aromatic rings. The van der Waals surface area contributed by atoms with Crippen molar-refractivity contribution in [2.24, 2.45) is 0 Å². The number of halogens is 1. The van der Waals surface area contributed by atoms with Gasteiger partial charge < -0.3 is 5.32 Å². The highest BCUT2D eigenvalue weighted by Gasteiger charge is 2.13. The van der Waals surface area contributed by atoms with Gasteiger partial charge in [0, 0.05) is 12.1 Å². The molecule has 0 aromatic carbocycles. The molecule has 54 valence electrons. The standard InChI is InChI=1S/C6H8BrN3/c7-6-4-1-2-8-3-5(4)9-10-6/h8H,1-3H2,(H,9,10). The summed E-state index contributed by atoms with van der Waals surface area (Å²) in [7, 11) is 0. The number of hydrogen-bond acceptors (Lipinski definition) is 2. The Labute approximate surface area is 67.3 Å². The van der Waals surface area contributed by atoms with Gasteiger partial charge in [-0.15, -0.1) is 0 Å². The average molecular weight is 202 g/mol. The number of aromatic nitrogens is 2. The molecule has 10 heavy (non-hydrogen) atoms. The van der Waals surface area contributed by atoms with Crippen molar-refractivity contribution in [3.63, 3.8) is 0 Å². The van der Waals surface area contributed by atoms with Gasteiger partial charge in [0.15, 0.2) is 0 Å². The summed E-state index contributed by atoms with van der Waals surface area (Å²) in [5, 5.41) is 10.3. The van der Waals surface area contributed by atoms with Crippen LogP contribution in [-0.4, -0.2) is 16.7 Å². The van der Waals surface area contributed by atoms with Gasteiger partial charge in [-0.05, 0) is 28.9 Å². The molecule has 1 aliphatic rings. The van der Waals surface area contributed by atoms with Crippen molar-refractivity contribution in [1.82, 2.24) is 15.5 Å². The van der Waals surface area contributed by atoms with Gasteiger partial charge in [-0.3, -0.25) is 5.10 Å². The Balaban J connectivity index is 2.45. The highest BCUT2D eigenvalue weighted by atomic mass is 79.9. The number of fused-ring (bicyclic) bond motifs is 1. The van der Waals surface area contributed by atoms with E-state index in [1.54, 1.807) is 0 Å². The predicted molar refractivity (Wildman–Crippen MR) is 41.7 cm³/mol. The lowest BCUT2D eigenvalue weighted by molar-refractivity contribution is 0.632. The number of aromatic amines is 1. The van der Waals surface area contributed by atoms with E-state index in [-0.39, 0.29) is 0 Å². The van der Waals surface area contributed by atoms with E-state index in [2.05, 4.69) is 31.4 Å². The molecule has 1 aliphatic heterocycles. The summed E-state index contributed by atoms with van der Waals surface area (Å²) in [6.07, 6.45) is 1.08. The maximum absolute atomic E-state index is 4.05. The van der Waals surface area contributed by atoms with Crippen molar-refractivity contribution < 1.29 is 0 Å². The molecule has 0 spiro atoms. The van der Waals surface area contributed by atoms with Crippen LogP contribution in [-0.2, 0) is 13.0 Å². The van der Waals surface area contributed by atoms with Gasteiger partial charge in [0.05, 0.1) is 5.69 Å². The quantitative estimate of drug-likeness (QED) is 0.653. The van der Waals surface area contributed by atoms with Gasteiger partial charge in [0.2, 0.25) is 0 Å². The van der Waals surface area contributed by atoms with E-state index >= 15 is 0 Å². The van der Waals surface area contributed by atoms with Crippen molar-refractivity contribution in [2.75, 3.05) is 6.54 Å². The van der Waals surface area contributed by atoms with Crippen LogP contribution in [0.25, 0.3) is 0 Å². The fourth-order valence-electron chi connectivity index (χ4n) is 1.20. The molecule has 2 N–H and O–H groups in total. The molecule has 0 radical (unpaired) electrons. The van der Waals surface area contributed by atoms with Gasteiger partial charge in [-0.25, -0.2) is 0 Å². The molecule has 0 fully saturated rings. The van der Waals surface area contributed by atoms with E-state index in [4.69, 9.17) is 0 Å². The molecule has 0 amide bonds. The van der Waals surface area contributed by atoms with Crippen LogP contribution >= 0.6 is 15.9 Å². The van der Waals surface area contributed by atoms with Gasteiger partial charge in [-0.2, -0.15) is 5.10 Å². The van der Waals surface area contributed by atoms with Gasteiger partial charge in [-0.1, -0.05) is 0 Å². The number of nitrogens with zero attached hydrogens (tertiary/aromatic N) is 1. The van der Waals surface area contributed by atoms with Crippen LogP contribution in [0.15, 0.2) is 4.60 Å². The molecular formula is C6H8BrN3. The van der Waals surface area contributed by atoms with Crippen LogP contribution in [0.3, 0.4) is 0 Å². The summed E-state index contributed by atoms with van der Waals surface area (Å²) in [6, 6.07) is 0. The molecule has 0 saturated heterocycles. The summed E-state index contributed by atoms with van der Waals surface area (Å²) in [6.45, 7) is 1.99. The molecule has 0 unspecified atom stereocenters. The Bertz CT molecular complexity index is 243. The second-order valence-electron chi connectivity index (χ2n) is 2.40. The minimum atomic E-state index is 0.925. The number of hydrogen-bond donors (Lipinski definition) is 2. The van der Waals surface area contributed by atoms with Crippen LogP contribution < -0.4 is 5.32 Å². The third-order valence-electron chi connectivity index (χ3n) is 1.76. The maximum atomic E-state index is 4.05. The molecule has 0 saturated carbocycles. The highest BCUT2D eigenvalue weighted by Crippen LogP contribution is 2.19. The lowest BCUT2D eigenvalue weighted by Gasteiger charge is -2.10. The molecule has 1 aromatic heterocycles. The zero-order valence-electron chi connectivity index (χ0n) is 5.45. The van der Waals surface area contributed by atoms with E-state index in [1.807, 2.05) is 0 Å². The Morgan fingerprint density at radius 2 is 2.40 bits per heavy atom. The first-order valence-corrected chi connectivity index (χ1v) is 4.09. The average Bonchev–Trinajstić information content (AvgIpc) is 2.34. The first kappa shape index (κ1) is 6.37. The second kappa shape index (κ2) is 2.36. The van der Waals surface area contributed by atoms with E-state index in [0.717, 1.165) is 24.1 Å². The fraction of sp³-hybridized carbons (Fsp3) is 0.500. The van der Waals surface area contributed by atoms with Crippen molar-refractivity contribution in [2.45, 2.75) is 13.0 Å². The fourth-order valence-corrected chi connectivity index (χ4v) is 1.73. The van der Waals surface area contributed by atoms with Crippen LogP contribution in [0.1, 0.15) is 11.3 Å². The number of rotatable bonds is 0. The molecule has 2 heterocycles. The van der Waals surface area contributed by atoms with Gasteiger partial charge >= 0.3 is 0 Å². The molecule has 0 atom stereocenters. The molecule has 0 aliphatic carbocycles. The molecule has 2 rings (SSSR count). The van der Waals surface area contributed by atoms with E-state index < -0.39 is 0 Å². The zero-order valence-corrected chi connectivity index (χ0v) is 7.03. The van der Waals surface area contributed by atoms with Crippen LogP contribution in [0, 0.1) is 0 Å². The number of nitrogens with one attached hydrogen (secondary N) is 2. The SMILES string of the molecule is Brc1n[nH]c2c1CCNC2. The van der Waals surface area contributed by atoms with Gasteiger partial charge in [0.1, 0.15) is 4.60 Å². The Kier molecular flexibility index (Phi) is 1.50. The number of H-pyrrole nitrogens is 1. The highest BCUT2D eigenvalue weighted by molar-refractivity contribution is 9.10. The normalized spacial score (nSPS) is 16.9. The van der Waals surface area contributed by atoms with Crippen molar-refractivity contribution in [3.05, 3.63) is 15.9 Å². The Morgan fingerprint density at radius 1 is 1.50 bits per heavy atom. The Hall–Kier alpha value is -0.350. The molecule has 0 bridgehead atoms. The summed E-state index contributed by atoms with van der Waals surface area (Å²) < 4.78 is 0.976. The zero-order chi connectivity index (χ0) is 6.97. The summed E-state index contributed by atoms with van der Waals surface area (Å²) in [5.74, 6) is 0. The van der Waals surface area contributed by atoms with Crippen molar-refractivity contribution >= 4 is 15.9 Å². The summed E-state index contributed by atoms with van der Waals surface area (Å²) >= 11 is 3.38. The molecule has 4 heteroatoms. The van der Waals surface area contributed by atoms with Crippen LogP contribution in [0.4, 0.5) is 0 Å². The maximum Gasteiger partial charge on any atom is 0.131 e. The minimum absolute atomic E-state index is 0.925. The largest absolute Gasteiger partial charge is 0.311 e. The first-order valence-electron chi connectivity index (χ1n) is 3.30. The minimum Gasteiger partial charge on any atom is -0.311 e. The summed E-state index contributed by atoms with van der Waals surface area (Å²) in [5.41, 5.74) is 2.55. The van der Waals surface area contributed by atoms with Crippen LogP contribution in [0.2, 0.25) is 0 Å². The molecule has 3 nitrogen and oxygen atoms in total. The van der Waals surface area contributed by atoms with Gasteiger partial charge in [0.25, 0.3) is 0 Å². The monoisotopic (exact) mass is 201 g/mol. The third-order valence-corrected chi connectivity index (χ3v) is 2.41. The topological polar surface area (TPSA) is 40.7 Å². The van der Waals surface area contributed by atoms with Crippen LogP contribution in [0.5, 0.6) is 0 Å². The van der Waals surface area contributed by atoms with Crippen molar-refractivity contribution in [3.8, 4) is 0 Å². The first-order chi connectivity index (χ1) is 4.88. The van der Waals surface area contributed by atoms with E-state index in [9.17, 15) is 0 Å². The van der Waals surface area contributed by atoms with E-state index in [0.29, 0.717) is 0 Å². The third kappa shape index (κ3) is 0.876. The van der Waals surface area contributed by atoms with Crippen molar-refractivity contribution in [1.29, 1.82) is 0 Å². The Morgan fingerprint density at radius 3 is 3.20 bits per heavy atom. The van der Waals surface area contributed by atoms with E-state index in [1.165, 1.54) is 11.3 Å². The summed E-state index contributed by atoms with van der Waals surface area (Å²) in [4.78, 5) is 0. The lowest BCUT2D eigenvalue weighted by atomic mass is 10.1. The molecular weight excluding hydrogens is 194 g/mol. The lowest BCUT2D eigenvalue weighted by Crippen LogP contribution is -2.23. The predicted octanol–water partition coefficient (Wildman–Crippen LogP) is 0.818.